The average molecular weight is 266 g/mol. The Kier molecular flexibility index (Phi) is 3.63. The molecule has 2 rings (SSSR count). The number of thiophene rings is 1. The van der Waals surface area contributed by atoms with Crippen LogP contribution in [0.1, 0.15) is 22.2 Å². The second kappa shape index (κ2) is 5.04. The van der Waals surface area contributed by atoms with E-state index in [1.54, 1.807) is 13.0 Å². The standard InChI is InChI=1S/C13H15FN2OS/c1-7(6-15)16-13(17)12-8(2)11-9(14)4-3-5-10(11)18-12/h3-5,7H,6,15H2,1-2H3,(H,16,17)/t7-/m0/s1. The number of rotatable bonds is 3. The maximum atomic E-state index is 13.7. The molecule has 1 atom stereocenters. The van der Waals surface area contributed by atoms with Crippen molar-refractivity contribution in [3.63, 3.8) is 0 Å². The van der Waals surface area contributed by atoms with E-state index in [4.69, 9.17) is 5.73 Å². The van der Waals surface area contributed by atoms with Gasteiger partial charge in [-0.05, 0) is 31.5 Å². The van der Waals surface area contributed by atoms with Crippen molar-refractivity contribution >= 4 is 27.3 Å². The third kappa shape index (κ3) is 2.23. The highest BCUT2D eigenvalue weighted by Gasteiger charge is 2.18. The minimum atomic E-state index is -0.285. The lowest BCUT2D eigenvalue weighted by molar-refractivity contribution is 0.0945. The van der Waals surface area contributed by atoms with Crippen molar-refractivity contribution in [2.75, 3.05) is 6.54 Å². The van der Waals surface area contributed by atoms with Crippen LogP contribution in [0, 0.1) is 12.7 Å². The van der Waals surface area contributed by atoms with Gasteiger partial charge in [-0.15, -0.1) is 11.3 Å². The molecule has 1 amide bonds. The second-order valence-electron chi connectivity index (χ2n) is 4.28. The SMILES string of the molecule is Cc1c(C(=O)N[C@@H](C)CN)sc2cccc(F)c12. The molecule has 3 nitrogen and oxygen atoms in total. The van der Waals surface area contributed by atoms with Gasteiger partial charge in [0, 0.05) is 22.7 Å². The van der Waals surface area contributed by atoms with Gasteiger partial charge in [0.25, 0.3) is 5.91 Å². The molecule has 0 fully saturated rings. The second-order valence-corrected chi connectivity index (χ2v) is 5.33. The first-order valence-electron chi connectivity index (χ1n) is 5.73. The molecule has 1 aromatic carbocycles. The fourth-order valence-corrected chi connectivity index (χ4v) is 2.94. The zero-order valence-corrected chi connectivity index (χ0v) is 11.1. The zero-order valence-electron chi connectivity index (χ0n) is 10.3. The molecule has 0 bridgehead atoms. The number of amides is 1. The van der Waals surface area contributed by atoms with Crippen LogP contribution in [0.2, 0.25) is 0 Å². The van der Waals surface area contributed by atoms with E-state index >= 15 is 0 Å². The Bertz CT molecular complexity index is 594. The van der Waals surface area contributed by atoms with Crippen LogP contribution in [0.4, 0.5) is 4.39 Å². The van der Waals surface area contributed by atoms with Gasteiger partial charge in [-0.1, -0.05) is 6.07 Å². The summed E-state index contributed by atoms with van der Waals surface area (Å²) in [6.07, 6.45) is 0. The third-order valence-electron chi connectivity index (χ3n) is 2.84. The summed E-state index contributed by atoms with van der Waals surface area (Å²) >= 11 is 1.31. The van der Waals surface area contributed by atoms with Crippen LogP contribution in [0.5, 0.6) is 0 Å². The predicted octanol–water partition coefficient (Wildman–Crippen LogP) is 2.43. The van der Waals surface area contributed by atoms with E-state index in [1.165, 1.54) is 17.4 Å². The van der Waals surface area contributed by atoms with Crippen molar-refractivity contribution in [2.45, 2.75) is 19.9 Å². The molecule has 0 radical (unpaired) electrons. The van der Waals surface area contributed by atoms with E-state index in [1.807, 2.05) is 13.0 Å². The first kappa shape index (κ1) is 13.0. The molecule has 96 valence electrons. The number of halogens is 1. The number of carbonyl (C=O) groups is 1. The summed E-state index contributed by atoms with van der Waals surface area (Å²) in [5, 5.41) is 3.33. The highest BCUT2D eigenvalue weighted by Crippen LogP contribution is 2.32. The summed E-state index contributed by atoms with van der Waals surface area (Å²) in [4.78, 5) is 12.6. The summed E-state index contributed by atoms with van der Waals surface area (Å²) in [5.74, 6) is -0.474. The van der Waals surface area contributed by atoms with Gasteiger partial charge in [0.1, 0.15) is 5.82 Å². The fourth-order valence-electron chi connectivity index (χ4n) is 1.82. The van der Waals surface area contributed by atoms with Crippen LogP contribution >= 0.6 is 11.3 Å². The summed E-state index contributed by atoms with van der Waals surface area (Å²) in [6.45, 7) is 3.98. The van der Waals surface area contributed by atoms with Crippen LogP contribution in [0.15, 0.2) is 18.2 Å². The first-order chi connectivity index (χ1) is 8.54. The van der Waals surface area contributed by atoms with Gasteiger partial charge in [-0.25, -0.2) is 4.39 Å². The molecule has 2 aromatic rings. The Labute approximate surface area is 109 Å². The maximum Gasteiger partial charge on any atom is 0.261 e. The number of nitrogens with two attached hydrogens (primary N) is 1. The maximum absolute atomic E-state index is 13.7. The lowest BCUT2D eigenvalue weighted by Gasteiger charge is -2.10. The minimum Gasteiger partial charge on any atom is -0.348 e. The van der Waals surface area contributed by atoms with E-state index in [-0.39, 0.29) is 17.8 Å². The van der Waals surface area contributed by atoms with Crippen LogP contribution in [0.25, 0.3) is 10.1 Å². The molecule has 18 heavy (non-hydrogen) atoms. The number of hydrogen-bond donors (Lipinski definition) is 2. The van der Waals surface area contributed by atoms with E-state index < -0.39 is 0 Å². The van der Waals surface area contributed by atoms with Gasteiger partial charge in [0.15, 0.2) is 0 Å². The quantitative estimate of drug-likeness (QED) is 0.896. The first-order valence-corrected chi connectivity index (χ1v) is 6.54. The molecule has 5 heteroatoms. The number of hydrogen-bond acceptors (Lipinski definition) is 3. The lowest BCUT2D eigenvalue weighted by atomic mass is 10.1. The van der Waals surface area contributed by atoms with Gasteiger partial charge >= 0.3 is 0 Å². The van der Waals surface area contributed by atoms with Crippen LogP contribution in [-0.4, -0.2) is 18.5 Å². The molecule has 3 N–H and O–H groups in total. The normalized spacial score (nSPS) is 12.7. The van der Waals surface area contributed by atoms with Gasteiger partial charge in [0.2, 0.25) is 0 Å². The summed E-state index contributed by atoms with van der Waals surface area (Å²) < 4.78 is 14.5. The zero-order chi connectivity index (χ0) is 13.3. The van der Waals surface area contributed by atoms with Crippen molar-refractivity contribution in [3.05, 3.63) is 34.5 Å². The lowest BCUT2D eigenvalue weighted by Crippen LogP contribution is -2.37. The number of carbonyl (C=O) groups excluding carboxylic acids is 1. The number of nitrogens with one attached hydrogen (secondary N) is 1. The third-order valence-corrected chi connectivity index (χ3v) is 4.10. The summed E-state index contributed by atoms with van der Waals surface area (Å²) in [6, 6.07) is 4.79. The van der Waals surface area contributed by atoms with Gasteiger partial charge in [-0.3, -0.25) is 4.79 Å². The monoisotopic (exact) mass is 266 g/mol. The van der Waals surface area contributed by atoms with E-state index in [0.717, 1.165) is 4.70 Å². The Hall–Kier alpha value is -1.46. The van der Waals surface area contributed by atoms with E-state index in [0.29, 0.717) is 22.4 Å². The van der Waals surface area contributed by atoms with Gasteiger partial charge in [-0.2, -0.15) is 0 Å². The van der Waals surface area contributed by atoms with Crippen molar-refractivity contribution in [1.29, 1.82) is 0 Å². The van der Waals surface area contributed by atoms with Crippen LogP contribution < -0.4 is 11.1 Å². The molecule has 0 spiro atoms. The van der Waals surface area contributed by atoms with Crippen molar-refractivity contribution < 1.29 is 9.18 Å². The molecule has 0 aliphatic rings. The number of fused-ring (bicyclic) bond motifs is 1. The van der Waals surface area contributed by atoms with Gasteiger partial charge in [0.05, 0.1) is 4.88 Å². The smallest absolute Gasteiger partial charge is 0.261 e. The van der Waals surface area contributed by atoms with Crippen LogP contribution in [0.3, 0.4) is 0 Å². The predicted molar refractivity (Wildman–Crippen MR) is 72.5 cm³/mol. The molecule has 0 saturated carbocycles. The van der Waals surface area contributed by atoms with Crippen molar-refractivity contribution in [3.8, 4) is 0 Å². The summed E-state index contributed by atoms with van der Waals surface area (Å²) in [5.41, 5.74) is 6.15. The Morgan fingerprint density at radius 1 is 1.56 bits per heavy atom. The Balaban J connectivity index is 2.43. The molecular weight excluding hydrogens is 251 g/mol. The molecule has 0 aliphatic heterocycles. The Morgan fingerprint density at radius 2 is 2.28 bits per heavy atom. The number of aryl methyl sites for hydroxylation is 1. The Morgan fingerprint density at radius 3 is 2.89 bits per heavy atom. The molecule has 0 aliphatic carbocycles. The molecule has 1 aromatic heterocycles. The molecule has 1 heterocycles. The fraction of sp³-hybridized carbons (Fsp3) is 0.308. The van der Waals surface area contributed by atoms with Gasteiger partial charge < -0.3 is 11.1 Å². The highest BCUT2D eigenvalue weighted by molar-refractivity contribution is 7.21. The average Bonchev–Trinajstić information content (AvgIpc) is 2.68. The molecular formula is C13H15FN2OS. The van der Waals surface area contributed by atoms with Crippen molar-refractivity contribution in [1.82, 2.24) is 5.32 Å². The highest BCUT2D eigenvalue weighted by atomic mass is 32.1. The van der Waals surface area contributed by atoms with E-state index in [9.17, 15) is 9.18 Å². The van der Waals surface area contributed by atoms with E-state index in [2.05, 4.69) is 5.32 Å². The topological polar surface area (TPSA) is 55.1 Å². The molecule has 0 unspecified atom stereocenters. The van der Waals surface area contributed by atoms with Crippen LogP contribution in [-0.2, 0) is 0 Å². The van der Waals surface area contributed by atoms with Crippen molar-refractivity contribution in [2.24, 2.45) is 5.73 Å². The number of benzene rings is 1. The summed E-state index contributed by atoms with van der Waals surface area (Å²) in [7, 11) is 0. The minimum absolute atomic E-state index is 0.0908. The molecule has 0 saturated heterocycles. The largest absolute Gasteiger partial charge is 0.348 e.